The van der Waals surface area contributed by atoms with E-state index in [1.807, 2.05) is 23.6 Å². The van der Waals surface area contributed by atoms with E-state index in [9.17, 15) is 4.79 Å². The van der Waals surface area contributed by atoms with Crippen molar-refractivity contribution in [3.8, 4) is 11.5 Å². The number of fused-ring (bicyclic) bond motifs is 1. The van der Waals surface area contributed by atoms with Crippen LogP contribution in [0.15, 0.2) is 40.9 Å². The molecule has 140 valence electrons. The molecular weight excluding hydrogens is 386 g/mol. The second-order valence-corrected chi connectivity index (χ2v) is 7.72. The predicted molar refractivity (Wildman–Crippen MR) is 103 cm³/mol. The molecule has 0 atom stereocenters. The number of benzene rings is 1. The van der Waals surface area contributed by atoms with E-state index < -0.39 is 0 Å². The Morgan fingerprint density at radius 1 is 1.26 bits per heavy atom. The average molecular weight is 403 g/mol. The first-order valence-electron chi connectivity index (χ1n) is 8.39. The van der Waals surface area contributed by atoms with Gasteiger partial charge in [-0.15, -0.1) is 16.4 Å². The Bertz CT molecular complexity index is 913. The minimum atomic E-state index is -0.139. The van der Waals surface area contributed by atoms with Crippen LogP contribution in [0.4, 0.5) is 5.69 Å². The Morgan fingerprint density at radius 3 is 3.00 bits per heavy atom. The number of hydrogen-bond acceptors (Lipinski definition) is 8. The number of nitrogens with one attached hydrogen (secondary N) is 1. The topological polar surface area (TPSA) is 91.2 Å². The zero-order chi connectivity index (χ0) is 18.5. The molecule has 1 amide bonds. The maximum atomic E-state index is 12.3. The van der Waals surface area contributed by atoms with E-state index in [2.05, 4.69) is 20.8 Å². The fraction of sp³-hybridized carbons (Fsp3) is 0.294. The van der Waals surface area contributed by atoms with Crippen LogP contribution >= 0.6 is 23.1 Å². The highest BCUT2D eigenvalue weighted by molar-refractivity contribution is 7.99. The summed E-state index contributed by atoms with van der Waals surface area (Å²) < 4.78 is 12.9. The van der Waals surface area contributed by atoms with E-state index in [4.69, 9.17) is 9.47 Å². The molecule has 27 heavy (non-hydrogen) atoms. The molecule has 8 nitrogen and oxygen atoms in total. The van der Waals surface area contributed by atoms with Crippen molar-refractivity contribution < 1.29 is 14.3 Å². The Kier molecular flexibility index (Phi) is 5.54. The molecule has 1 N–H and O–H groups in total. The number of tetrazole rings is 1. The molecule has 3 aromatic rings. The van der Waals surface area contributed by atoms with Gasteiger partial charge in [-0.2, -0.15) is 0 Å². The minimum absolute atomic E-state index is 0.139. The van der Waals surface area contributed by atoms with Crippen LogP contribution < -0.4 is 14.8 Å². The van der Waals surface area contributed by atoms with Crippen LogP contribution in [-0.2, 0) is 11.3 Å². The largest absolute Gasteiger partial charge is 0.490 e. The van der Waals surface area contributed by atoms with Gasteiger partial charge in [0.25, 0.3) is 0 Å². The fourth-order valence-corrected chi connectivity index (χ4v) is 3.88. The highest BCUT2D eigenvalue weighted by Gasteiger charge is 2.14. The number of amides is 1. The van der Waals surface area contributed by atoms with E-state index in [1.54, 1.807) is 28.2 Å². The van der Waals surface area contributed by atoms with Crippen molar-refractivity contribution in [2.24, 2.45) is 0 Å². The molecule has 1 aliphatic heterocycles. The molecule has 0 saturated carbocycles. The molecule has 0 radical (unpaired) electrons. The van der Waals surface area contributed by atoms with Crippen LogP contribution in [0.2, 0.25) is 0 Å². The van der Waals surface area contributed by atoms with Crippen LogP contribution in [0.3, 0.4) is 0 Å². The molecule has 0 unspecified atom stereocenters. The molecule has 0 fully saturated rings. The molecule has 10 heteroatoms. The first-order chi connectivity index (χ1) is 13.3. The number of carbonyl (C=O) groups is 1. The van der Waals surface area contributed by atoms with Gasteiger partial charge >= 0.3 is 0 Å². The zero-order valence-electron chi connectivity index (χ0n) is 14.3. The van der Waals surface area contributed by atoms with Gasteiger partial charge in [0.05, 0.1) is 25.5 Å². The lowest BCUT2D eigenvalue weighted by Gasteiger charge is -2.10. The number of thiophene rings is 1. The SMILES string of the molecule is O=C(CSc1nnnn1Cc1cccs1)Nc1ccc2c(c1)OCCCO2. The monoisotopic (exact) mass is 403 g/mol. The molecular formula is C17H17N5O3S2. The molecule has 0 spiro atoms. The summed E-state index contributed by atoms with van der Waals surface area (Å²) in [4.78, 5) is 13.4. The molecule has 0 aliphatic carbocycles. The number of nitrogens with zero attached hydrogens (tertiary/aromatic N) is 4. The van der Waals surface area contributed by atoms with Gasteiger partial charge in [0.2, 0.25) is 11.1 Å². The van der Waals surface area contributed by atoms with E-state index in [1.165, 1.54) is 11.8 Å². The van der Waals surface area contributed by atoms with E-state index in [0.29, 0.717) is 42.1 Å². The van der Waals surface area contributed by atoms with Crippen LogP contribution in [-0.4, -0.2) is 45.1 Å². The molecule has 1 aromatic carbocycles. The van der Waals surface area contributed by atoms with Gasteiger partial charge in [-0.25, -0.2) is 4.68 Å². The third-order valence-electron chi connectivity index (χ3n) is 3.75. The lowest BCUT2D eigenvalue weighted by atomic mass is 10.2. The number of rotatable bonds is 6. The minimum Gasteiger partial charge on any atom is -0.490 e. The Hall–Kier alpha value is -2.59. The van der Waals surface area contributed by atoms with E-state index in [-0.39, 0.29) is 11.7 Å². The van der Waals surface area contributed by atoms with Gasteiger partial charge in [0, 0.05) is 23.1 Å². The highest BCUT2D eigenvalue weighted by atomic mass is 32.2. The molecule has 1 aliphatic rings. The molecule has 0 saturated heterocycles. The number of ether oxygens (including phenoxy) is 2. The summed E-state index contributed by atoms with van der Waals surface area (Å²) >= 11 is 2.94. The second-order valence-electron chi connectivity index (χ2n) is 5.75. The predicted octanol–water partition coefficient (Wildman–Crippen LogP) is 2.68. The van der Waals surface area contributed by atoms with Gasteiger partial charge in [0.15, 0.2) is 11.5 Å². The smallest absolute Gasteiger partial charge is 0.234 e. The maximum Gasteiger partial charge on any atom is 0.234 e. The van der Waals surface area contributed by atoms with E-state index >= 15 is 0 Å². The van der Waals surface area contributed by atoms with Crippen LogP contribution in [0, 0.1) is 0 Å². The van der Waals surface area contributed by atoms with Crippen LogP contribution in [0.1, 0.15) is 11.3 Å². The highest BCUT2D eigenvalue weighted by Crippen LogP contribution is 2.32. The third kappa shape index (κ3) is 4.58. The van der Waals surface area contributed by atoms with Crippen LogP contribution in [0.25, 0.3) is 0 Å². The summed E-state index contributed by atoms with van der Waals surface area (Å²) in [6, 6.07) is 9.41. The van der Waals surface area contributed by atoms with Crippen molar-refractivity contribution in [2.45, 2.75) is 18.1 Å². The van der Waals surface area contributed by atoms with E-state index in [0.717, 1.165) is 11.3 Å². The van der Waals surface area contributed by atoms with Gasteiger partial charge in [-0.3, -0.25) is 4.79 Å². The lowest BCUT2D eigenvalue weighted by molar-refractivity contribution is -0.113. The number of thioether (sulfide) groups is 1. The first kappa shape index (κ1) is 17.8. The number of hydrogen-bond donors (Lipinski definition) is 1. The summed E-state index contributed by atoms with van der Waals surface area (Å²) in [5, 5.41) is 17.2. The van der Waals surface area contributed by atoms with Crippen LogP contribution in [0.5, 0.6) is 11.5 Å². The number of anilines is 1. The van der Waals surface area contributed by atoms with Crippen molar-refractivity contribution in [2.75, 3.05) is 24.3 Å². The summed E-state index contributed by atoms with van der Waals surface area (Å²) in [6.07, 6.45) is 0.840. The van der Waals surface area contributed by atoms with Crippen molar-refractivity contribution in [3.63, 3.8) is 0 Å². The summed E-state index contributed by atoms with van der Waals surface area (Å²) in [7, 11) is 0. The van der Waals surface area contributed by atoms with Crippen molar-refractivity contribution >= 4 is 34.7 Å². The summed E-state index contributed by atoms with van der Waals surface area (Å²) in [6.45, 7) is 1.83. The van der Waals surface area contributed by atoms with Crippen molar-refractivity contribution in [1.82, 2.24) is 20.2 Å². The molecule has 2 aromatic heterocycles. The summed E-state index contributed by atoms with van der Waals surface area (Å²) in [5.74, 6) is 1.42. The van der Waals surface area contributed by atoms with Crippen molar-refractivity contribution in [3.05, 3.63) is 40.6 Å². The quantitative estimate of drug-likeness (QED) is 0.633. The molecule has 4 rings (SSSR count). The van der Waals surface area contributed by atoms with Gasteiger partial charge in [-0.1, -0.05) is 17.8 Å². The zero-order valence-corrected chi connectivity index (χ0v) is 16.0. The third-order valence-corrected chi connectivity index (χ3v) is 5.57. The van der Waals surface area contributed by atoms with Crippen molar-refractivity contribution in [1.29, 1.82) is 0 Å². The summed E-state index contributed by atoms with van der Waals surface area (Å²) in [5.41, 5.74) is 0.669. The average Bonchev–Trinajstić information content (AvgIpc) is 3.28. The number of carbonyl (C=O) groups excluding carboxylic acids is 1. The molecule has 3 heterocycles. The Balaban J connectivity index is 1.34. The second kappa shape index (κ2) is 8.40. The standard InChI is InChI=1S/C17H17N5O3S2/c23-16(18-12-4-5-14-15(9-12)25-7-2-6-24-14)11-27-17-19-20-21-22(17)10-13-3-1-8-26-13/h1,3-5,8-9H,2,6-7,10-11H2,(H,18,23). The number of aromatic nitrogens is 4. The van der Waals surface area contributed by atoms with Gasteiger partial charge < -0.3 is 14.8 Å². The normalized spacial score (nSPS) is 13.2. The Morgan fingerprint density at radius 2 is 2.15 bits per heavy atom. The Labute approximate surface area is 163 Å². The van der Waals surface area contributed by atoms with Gasteiger partial charge in [0.1, 0.15) is 0 Å². The lowest BCUT2D eigenvalue weighted by Crippen LogP contribution is -2.15. The maximum absolute atomic E-state index is 12.3. The fourth-order valence-electron chi connectivity index (χ4n) is 2.52. The first-order valence-corrected chi connectivity index (χ1v) is 10.3. The molecule has 0 bridgehead atoms. The van der Waals surface area contributed by atoms with Gasteiger partial charge in [-0.05, 0) is 34.0 Å².